The fraction of sp³-hybridized carbons (Fsp3) is 0.571. The van der Waals surface area contributed by atoms with Crippen LogP contribution in [0.2, 0.25) is 0 Å². The van der Waals surface area contributed by atoms with Crippen molar-refractivity contribution in [3.63, 3.8) is 0 Å². The normalized spacial score (nSPS) is 28.2. The van der Waals surface area contributed by atoms with Crippen LogP contribution in [0.5, 0.6) is 0 Å². The number of carbonyl (C=O) groups is 3. The molecule has 1 saturated heterocycles. The monoisotopic (exact) mass is 356 g/mol. The molecule has 2 bridgehead atoms. The number of nitrogens with zero attached hydrogens (tertiary/aromatic N) is 1. The maximum absolute atomic E-state index is 13.0. The molecule has 5 heteroatoms. The quantitative estimate of drug-likeness (QED) is 0.825. The van der Waals surface area contributed by atoms with Crippen molar-refractivity contribution in [2.24, 2.45) is 16.7 Å². The summed E-state index contributed by atoms with van der Waals surface area (Å²) in [6, 6.07) is 9.61. The number of nitrogens with one attached hydrogen (secondary N) is 1. The van der Waals surface area contributed by atoms with Gasteiger partial charge in [0.1, 0.15) is 0 Å². The van der Waals surface area contributed by atoms with Gasteiger partial charge in [-0.1, -0.05) is 51.1 Å². The average Bonchev–Trinajstić information content (AvgIpc) is 2.79. The lowest BCUT2D eigenvalue weighted by Gasteiger charge is -2.47. The number of carbonyl (C=O) groups excluding carboxylic acids is 3. The third kappa shape index (κ3) is 2.83. The molecule has 0 radical (unpaired) electrons. The molecule has 1 aliphatic carbocycles. The Morgan fingerprint density at radius 3 is 2.54 bits per heavy atom. The molecule has 1 heterocycles. The van der Waals surface area contributed by atoms with E-state index in [4.69, 9.17) is 0 Å². The highest BCUT2D eigenvalue weighted by Gasteiger charge is 2.64. The molecule has 1 N–H and O–H groups in total. The summed E-state index contributed by atoms with van der Waals surface area (Å²) in [5.41, 5.74) is 0.194. The zero-order valence-electron chi connectivity index (χ0n) is 16.0. The van der Waals surface area contributed by atoms with Crippen LogP contribution in [-0.4, -0.2) is 29.2 Å². The van der Waals surface area contributed by atoms with Gasteiger partial charge in [-0.3, -0.25) is 19.3 Å². The highest BCUT2D eigenvalue weighted by molar-refractivity contribution is 6.04. The smallest absolute Gasteiger partial charge is 0.235 e. The van der Waals surface area contributed by atoms with Crippen LogP contribution in [0, 0.1) is 16.7 Å². The molecule has 3 rings (SSSR count). The number of rotatable bonds is 5. The van der Waals surface area contributed by atoms with Gasteiger partial charge in [0.25, 0.3) is 0 Å². The minimum absolute atomic E-state index is 0.107. The minimum Gasteiger partial charge on any atom is -0.350 e. The highest BCUT2D eigenvalue weighted by atomic mass is 16.2. The van der Waals surface area contributed by atoms with Crippen LogP contribution in [0.1, 0.15) is 58.6 Å². The zero-order valence-corrected chi connectivity index (χ0v) is 16.0. The lowest BCUT2D eigenvalue weighted by Crippen LogP contribution is -2.59. The molecule has 140 valence electrons. The maximum Gasteiger partial charge on any atom is 0.235 e. The number of imide groups is 1. The largest absolute Gasteiger partial charge is 0.350 e. The fourth-order valence-corrected chi connectivity index (χ4v) is 4.47. The molecule has 2 fully saturated rings. The van der Waals surface area contributed by atoms with Crippen molar-refractivity contribution in [1.29, 1.82) is 0 Å². The van der Waals surface area contributed by atoms with Gasteiger partial charge in [0.05, 0.1) is 11.5 Å². The van der Waals surface area contributed by atoms with Crippen molar-refractivity contribution in [2.45, 2.75) is 53.0 Å². The third-order valence-corrected chi connectivity index (χ3v) is 6.75. The molecule has 3 unspecified atom stereocenters. The van der Waals surface area contributed by atoms with Crippen LogP contribution in [-0.2, 0) is 14.4 Å². The summed E-state index contributed by atoms with van der Waals surface area (Å²) in [6.07, 6.45) is 1.63. The van der Waals surface area contributed by atoms with Crippen molar-refractivity contribution in [3.05, 3.63) is 35.9 Å². The second-order valence-corrected chi connectivity index (χ2v) is 8.39. The molecular weight excluding hydrogens is 328 g/mol. The van der Waals surface area contributed by atoms with E-state index in [1.165, 1.54) is 4.90 Å². The topological polar surface area (TPSA) is 66.5 Å². The van der Waals surface area contributed by atoms with E-state index >= 15 is 0 Å². The molecule has 26 heavy (non-hydrogen) atoms. The number of hydrogen-bond acceptors (Lipinski definition) is 3. The average molecular weight is 356 g/mol. The molecule has 0 spiro atoms. The van der Waals surface area contributed by atoms with Gasteiger partial charge in [0.15, 0.2) is 0 Å². The van der Waals surface area contributed by atoms with E-state index in [0.717, 1.165) is 18.4 Å². The Balaban J connectivity index is 1.62. The number of amides is 3. The van der Waals surface area contributed by atoms with Crippen molar-refractivity contribution in [2.75, 3.05) is 6.54 Å². The van der Waals surface area contributed by atoms with E-state index in [0.29, 0.717) is 0 Å². The molecule has 3 amide bonds. The van der Waals surface area contributed by atoms with Gasteiger partial charge >= 0.3 is 0 Å². The molecule has 5 nitrogen and oxygen atoms in total. The molecule has 3 atom stereocenters. The lowest BCUT2D eigenvalue weighted by atomic mass is 9.62. The first kappa shape index (κ1) is 18.6. The molecule has 1 aliphatic heterocycles. The van der Waals surface area contributed by atoms with E-state index in [1.807, 2.05) is 58.0 Å². The van der Waals surface area contributed by atoms with E-state index in [9.17, 15) is 14.4 Å². The summed E-state index contributed by atoms with van der Waals surface area (Å²) in [6.45, 7) is 8.09. The Morgan fingerprint density at radius 1 is 1.23 bits per heavy atom. The van der Waals surface area contributed by atoms with Gasteiger partial charge < -0.3 is 5.32 Å². The standard InChI is InChI=1S/C21H28N2O3/c1-14(15-8-6-5-7-9-15)22-17(24)11-13-23-18(25)16-10-12-21(4,19(23)26)20(16,2)3/h5-9,14,16H,10-13H2,1-4H3,(H,22,24). The number of piperidine rings is 1. The number of fused-ring (bicyclic) bond motifs is 2. The van der Waals surface area contributed by atoms with Gasteiger partial charge in [0.2, 0.25) is 17.7 Å². The van der Waals surface area contributed by atoms with Crippen molar-refractivity contribution in [1.82, 2.24) is 10.2 Å². The van der Waals surface area contributed by atoms with Crippen molar-refractivity contribution >= 4 is 17.7 Å². The van der Waals surface area contributed by atoms with Gasteiger partial charge in [-0.2, -0.15) is 0 Å². The van der Waals surface area contributed by atoms with E-state index in [1.54, 1.807) is 0 Å². The van der Waals surface area contributed by atoms with Gasteiger partial charge in [0, 0.05) is 18.9 Å². The molecular formula is C21H28N2O3. The van der Waals surface area contributed by atoms with Crippen molar-refractivity contribution in [3.8, 4) is 0 Å². The zero-order chi connectivity index (χ0) is 19.1. The number of likely N-dealkylation sites (tertiary alicyclic amines) is 1. The predicted octanol–water partition coefficient (Wildman–Crippen LogP) is 3.07. The Bertz CT molecular complexity index is 728. The summed E-state index contributed by atoms with van der Waals surface area (Å²) in [7, 11) is 0. The summed E-state index contributed by atoms with van der Waals surface area (Å²) in [5, 5.41) is 2.94. The molecule has 1 aromatic carbocycles. The summed E-state index contributed by atoms with van der Waals surface area (Å²) in [5.74, 6) is -0.509. The van der Waals surface area contributed by atoms with E-state index < -0.39 is 5.41 Å². The third-order valence-electron chi connectivity index (χ3n) is 6.75. The first-order chi connectivity index (χ1) is 12.2. The Labute approximate surface area is 155 Å². The summed E-state index contributed by atoms with van der Waals surface area (Å²) in [4.78, 5) is 39.4. The van der Waals surface area contributed by atoms with Crippen molar-refractivity contribution < 1.29 is 14.4 Å². The molecule has 1 saturated carbocycles. The van der Waals surface area contributed by atoms with E-state index in [-0.39, 0.29) is 48.1 Å². The van der Waals surface area contributed by atoms with Gasteiger partial charge in [-0.15, -0.1) is 0 Å². The fourth-order valence-electron chi connectivity index (χ4n) is 4.47. The van der Waals surface area contributed by atoms with Crippen LogP contribution >= 0.6 is 0 Å². The Hall–Kier alpha value is -2.17. The predicted molar refractivity (Wildman–Crippen MR) is 98.9 cm³/mol. The van der Waals surface area contributed by atoms with Gasteiger partial charge in [-0.25, -0.2) is 0 Å². The van der Waals surface area contributed by atoms with Crippen LogP contribution in [0.15, 0.2) is 30.3 Å². The molecule has 0 aromatic heterocycles. The first-order valence-electron chi connectivity index (χ1n) is 9.38. The van der Waals surface area contributed by atoms with Gasteiger partial charge in [-0.05, 0) is 30.7 Å². The Kier molecular flexibility index (Phi) is 4.67. The SMILES string of the molecule is CC(NC(=O)CCN1C(=O)C2CCC(C)(C1=O)C2(C)C)c1ccccc1. The van der Waals surface area contributed by atoms with E-state index in [2.05, 4.69) is 5.32 Å². The second kappa shape index (κ2) is 6.53. The first-order valence-corrected chi connectivity index (χ1v) is 9.38. The van der Waals surface area contributed by atoms with Crippen LogP contribution < -0.4 is 5.32 Å². The lowest BCUT2D eigenvalue weighted by molar-refractivity contribution is -0.167. The number of benzene rings is 1. The van der Waals surface area contributed by atoms with Crippen LogP contribution in [0.25, 0.3) is 0 Å². The summed E-state index contributed by atoms with van der Waals surface area (Å²) < 4.78 is 0. The number of hydrogen-bond donors (Lipinski definition) is 1. The second-order valence-electron chi connectivity index (χ2n) is 8.39. The van der Waals surface area contributed by atoms with Crippen LogP contribution in [0.4, 0.5) is 0 Å². The highest BCUT2D eigenvalue weighted by Crippen LogP contribution is 2.59. The summed E-state index contributed by atoms with van der Waals surface area (Å²) >= 11 is 0. The minimum atomic E-state index is -0.515. The molecule has 1 aromatic rings. The van der Waals surface area contributed by atoms with Crippen LogP contribution in [0.3, 0.4) is 0 Å². The molecule has 2 aliphatic rings. The maximum atomic E-state index is 13.0. The Morgan fingerprint density at radius 2 is 1.88 bits per heavy atom.